The van der Waals surface area contributed by atoms with Gasteiger partial charge in [0.25, 0.3) is 0 Å². The Morgan fingerprint density at radius 2 is 2.11 bits per heavy atom. The van der Waals surface area contributed by atoms with Crippen molar-refractivity contribution in [1.29, 1.82) is 0 Å². The lowest BCUT2D eigenvalue weighted by molar-refractivity contribution is 0.628. The summed E-state index contributed by atoms with van der Waals surface area (Å²) in [5.41, 5.74) is 1.33. The highest BCUT2D eigenvalue weighted by molar-refractivity contribution is 9.10. The molecule has 3 rings (SSSR count). The molecule has 96 valence electrons. The maximum atomic E-state index is 13.0. The number of pyridine rings is 1. The SMILES string of the molecule is Fc1ccc(Nc2nc3ccc(Br)cn3n2)cc1Cl. The monoisotopic (exact) mass is 340 g/mol. The number of halogens is 3. The van der Waals surface area contributed by atoms with Crippen LogP contribution < -0.4 is 5.32 Å². The molecule has 0 fully saturated rings. The Morgan fingerprint density at radius 3 is 2.89 bits per heavy atom. The van der Waals surface area contributed by atoms with Crippen molar-refractivity contribution in [3.63, 3.8) is 0 Å². The zero-order valence-electron chi connectivity index (χ0n) is 9.44. The van der Waals surface area contributed by atoms with E-state index in [0.29, 0.717) is 17.3 Å². The van der Waals surface area contributed by atoms with Gasteiger partial charge >= 0.3 is 0 Å². The maximum absolute atomic E-state index is 13.0. The van der Waals surface area contributed by atoms with Crippen molar-refractivity contribution in [3.05, 3.63) is 51.8 Å². The highest BCUT2D eigenvalue weighted by Gasteiger charge is 2.06. The van der Waals surface area contributed by atoms with Crippen LogP contribution in [0.2, 0.25) is 5.02 Å². The summed E-state index contributed by atoms with van der Waals surface area (Å²) in [5, 5.41) is 7.27. The smallest absolute Gasteiger partial charge is 0.247 e. The summed E-state index contributed by atoms with van der Waals surface area (Å²) in [6, 6.07) is 8.06. The third-order valence-corrected chi connectivity index (χ3v) is 3.23. The predicted molar refractivity (Wildman–Crippen MR) is 75.4 cm³/mol. The van der Waals surface area contributed by atoms with Crippen molar-refractivity contribution < 1.29 is 4.39 Å². The van der Waals surface area contributed by atoms with Crippen molar-refractivity contribution in [2.45, 2.75) is 0 Å². The van der Waals surface area contributed by atoms with Crippen LogP contribution in [0.1, 0.15) is 0 Å². The van der Waals surface area contributed by atoms with Crippen LogP contribution in [0, 0.1) is 5.82 Å². The van der Waals surface area contributed by atoms with Gasteiger partial charge in [-0.15, -0.1) is 5.10 Å². The molecular weight excluding hydrogens is 335 g/mol. The van der Waals surface area contributed by atoms with E-state index >= 15 is 0 Å². The molecular formula is C12H7BrClFN4. The zero-order valence-corrected chi connectivity index (χ0v) is 11.8. The summed E-state index contributed by atoms with van der Waals surface area (Å²) in [7, 11) is 0. The van der Waals surface area contributed by atoms with Crippen LogP contribution in [0.25, 0.3) is 5.65 Å². The van der Waals surface area contributed by atoms with Gasteiger partial charge in [0.2, 0.25) is 5.95 Å². The molecule has 19 heavy (non-hydrogen) atoms. The summed E-state index contributed by atoms with van der Waals surface area (Å²) < 4.78 is 15.6. The molecule has 0 bridgehead atoms. The summed E-state index contributed by atoms with van der Waals surface area (Å²) in [6.45, 7) is 0. The van der Waals surface area contributed by atoms with E-state index in [1.165, 1.54) is 12.1 Å². The molecule has 1 N–H and O–H groups in total. The van der Waals surface area contributed by atoms with Crippen molar-refractivity contribution in [3.8, 4) is 0 Å². The van der Waals surface area contributed by atoms with Crippen molar-refractivity contribution in [1.82, 2.24) is 14.6 Å². The number of nitrogens with one attached hydrogen (secondary N) is 1. The van der Waals surface area contributed by atoms with Gasteiger partial charge in [0.05, 0.1) is 5.02 Å². The lowest BCUT2D eigenvalue weighted by Gasteiger charge is -2.02. The minimum absolute atomic E-state index is 0.0523. The van der Waals surface area contributed by atoms with Crippen molar-refractivity contribution in [2.24, 2.45) is 0 Å². The van der Waals surface area contributed by atoms with Gasteiger partial charge in [0.15, 0.2) is 5.65 Å². The van der Waals surface area contributed by atoms with Crippen molar-refractivity contribution in [2.75, 3.05) is 5.32 Å². The first kappa shape index (κ1) is 12.4. The van der Waals surface area contributed by atoms with Crippen LogP contribution >= 0.6 is 27.5 Å². The van der Waals surface area contributed by atoms with E-state index in [9.17, 15) is 4.39 Å². The number of benzene rings is 1. The molecule has 0 spiro atoms. The molecule has 2 heterocycles. The van der Waals surface area contributed by atoms with Gasteiger partial charge in [0.1, 0.15) is 5.82 Å². The number of nitrogens with zero attached hydrogens (tertiary/aromatic N) is 3. The molecule has 0 aliphatic carbocycles. The van der Waals surface area contributed by atoms with Gasteiger partial charge in [-0.1, -0.05) is 11.6 Å². The molecule has 0 amide bonds. The Balaban J connectivity index is 1.94. The topological polar surface area (TPSA) is 42.2 Å². The van der Waals surface area contributed by atoms with Crippen LogP contribution in [-0.2, 0) is 0 Å². The normalized spacial score (nSPS) is 10.9. The van der Waals surface area contributed by atoms with Crippen LogP contribution in [0.4, 0.5) is 16.0 Å². The molecule has 0 unspecified atom stereocenters. The molecule has 2 aromatic heterocycles. The second kappa shape index (κ2) is 4.79. The summed E-state index contributed by atoms with van der Waals surface area (Å²) in [5.74, 6) is -0.0418. The molecule has 0 saturated carbocycles. The Morgan fingerprint density at radius 1 is 1.26 bits per heavy atom. The number of hydrogen-bond acceptors (Lipinski definition) is 3. The second-order valence-electron chi connectivity index (χ2n) is 3.84. The summed E-state index contributed by atoms with van der Waals surface area (Å²) in [4.78, 5) is 4.28. The molecule has 4 nitrogen and oxygen atoms in total. The van der Waals surface area contributed by atoms with Gasteiger partial charge in [-0.05, 0) is 46.3 Å². The maximum Gasteiger partial charge on any atom is 0.247 e. The van der Waals surface area contributed by atoms with Crippen molar-refractivity contribution >= 4 is 44.8 Å². The fourth-order valence-electron chi connectivity index (χ4n) is 1.61. The minimum Gasteiger partial charge on any atom is -0.323 e. The van der Waals surface area contributed by atoms with Crippen LogP contribution in [0.5, 0.6) is 0 Å². The standard InChI is InChI=1S/C12H7BrClFN4/c13-7-1-4-11-17-12(18-19(11)6-7)16-8-2-3-10(15)9(14)5-8/h1-6H,(H,16,18). The average molecular weight is 342 g/mol. The van der Waals surface area contributed by atoms with E-state index in [1.54, 1.807) is 16.8 Å². The number of rotatable bonds is 2. The number of fused-ring (bicyclic) bond motifs is 1. The quantitative estimate of drug-likeness (QED) is 0.765. The summed E-state index contributed by atoms with van der Waals surface area (Å²) in [6.07, 6.45) is 1.80. The number of hydrogen-bond donors (Lipinski definition) is 1. The first-order valence-electron chi connectivity index (χ1n) is 5.36. The van der Waals surface area contributed by atoms with E-state index < -0.39 is 5.82 Å². The molecule has 0 saturated heterocycles. The molecule has 0 aliphatic heterocycles. The fourth-order valence-corrected chi connectivity index (χ4v) is 2.12. The average Bonchev–Trinajstić information content (AvgIpc) is 2.75. The van der Waals surface area contributed by atoms with Crippen LogP contribution in [0.15, 0.2) is 41.0 Å². The van der Waals surface area contributed by atoms with Crippen LogP contribution in [0.3, 0.4) is 0 Å². The van der Waals surface area contributed by atoms with Crippen LogP contribution in [-0.4, -0.2) is 14.6 Å². The molecule has 1 aromatic carbocycles. The Kier molecular flexibility index (Phi) is 3.12. The Hall–Kier alpha value is -1.66. The van der Waals surface area contributed by atoms with E-state index in [1.807, 2.05) is 12.1 Å². The lowest BCUT2D eigenvalue weighted by atomic mass is 10.3. The third-order valence-electron chi connectivity index (χ3n) is 2.47. The van der Waals surface area contributed by atoms with E-state index in [2.05, 4.69) is 31.3 Å². The van der Waals surface area contributed by atoms with E-state index in [4.69, 9.17) is 11.6 Å². The van der Waals surface area contributed by atoms with Gasteiger partial charge in [-0.3, -0.25) is 0 Å². The Labute approximate surface area is 121 Å². The molecule has 7 heteroatoms. The lowest BCUT2D eigenvalue weighted by Crippen LogP contribution is -1.93. The third kappa shape index (κ3) is 2.54. The van der Waals surface area contributed by atoms with E-state index in [0.717, 1.165) is 4.47 Å². The highest BCUT2D eigenvalue weighted by atomic mass is 79.9. The first-order chi connectivity index (χ1) is 9.11. The molecule has 0 aliphatic rings. The molecule has 0 atom stereocenters. The molecule has 0 radical (unpaired) electrons. The second-order valence-corrected chi connectivity index (χ2v) is 5.16. The largest absolute Gasteiger partial charge is 0.323 e. The summed E-state index contributed by atoms with van der Waals surface area (Å²) >= 11 is 9.07. The number of anilines is 2. The van der Waals surface area contributed by atoms with Gasteiger partial charge in [-0.25, -0.2) is 8.91 Å². The highest BCUT2D eigenvalue weighted by Crippen LogP contribution is 2.22. The fraction of sp³-hybridized carbons (Fsp3) is 0. The Bertz CT molecular complexity index is 759. The zero-order chi connectivity index (χ0) is 13.4. The predicted octanol–water partition coefficient (Wildman–Crippen LogP) is 4.03. The van der Waals surface area contributed by atoms with Gasteiger partial charge in [-0.2, -0.15) is 4.98 Å². The minimum atomic E-state index is -0.459. The van der Waals surface area contributed by atoms with E-state index in [-0.39, 0.29) is 5.02 Å². The van der Waals surface area contributed by atoms with Gasteiger partial charge < -0.3 is 5.32 Å². The first-order valence-corrected chi connectivity index (χ1v) is 6.53. The molecule has 3 aromatic rings. The number of aromatic nitrogens is 3. The van der Waals surface area contributed by atoms with Gasteiger partial charge in [0, 0.05) is 16.4 Å².